The van der Waals surface area contributed by atoms with Crippen LogP contribution in [0.4, 0.5) is 5.13 Å². The highest BCUT2D eigenvalue weighted by molar-refractivity contribution is 7.13. The fourth-order valence-corrected chi connectivity index (χ4v) is 2.66. The summed E-state index contributed by atoms with van der Waals surface area (Å²) >= 11 is 1.31. The van der Waals surface area contributed by atoms with Crippen LogP contribution >= 0.6 is 11.3 Å². The Hall–Kier alpha value is -2.74. The van der Waals surface area contributed by atoms with Crippen molar-refractivity contribution in [2.75, 3.05) is 5.32 Å². The van der Waals surface area contributed by atoms with Gasteiger partial charge in [-0.2, -0.15) is 0 Å². The van der Waals surface area contributed by atoms with Crippen LogP contribution in [0.5, 0.6) is 0 Å². The van der Waals surface area contributed by atoms with E-state index >= 15 is 0 Å². The van der Waals surface area contributed by atoms with Gasteiger partial charge in [0.2, 0.25) is 0 Å². The van der Waals surface area contributed by atoms with E-state index in [2.05, 4.69) is 15.3 Å². The second-order valence-corrected chi connectivity index (χ2v) is 5.43. The molecule has 2 aromatic heterocycles. The van der Waals surface area contributed by atoms with Crippen molar-refractivity contribution in [2.45, 2.75) is 13.5 Å². The predicted molar refractivity (Wildman–Crippen MR) is 84.6 cm³/mol. The van der Waals surface area contributed by atoms with Crippen molar-refractivity contribution in [3.8, 4) is 0 Å². The molecule has 0 atom stereocenters. The molecule has 0 fully saturated rings. The molecule has 3 aromatic rings. The molecule has 0 aliphatic carbocycles. The lowest BCUT2D eigenvalue weighted by Crippen LogP contribution is -2.34. The molecule has 0 spiro atoms. The molecule has 0 aliphatic rings. The standard InChI is InChI=1S/C14H12N4O3S/c1-2-18-12(20)9-4-3-8(7-10(9)16-14(18)21)11(19)17-13-15-5-6-22-13/h3-7H,2H2,1H3,(H,16,21)(H,15,17,19). The number of aromatic nitrogens is 3. The van der Waals surface area contributed by atoms with Crippen molar-refractivity contribution in [2.24, 2.45) is 0 Å². The first-order chi connectivity index (χ1) is 10.6. The molecule has 112 valence electrons. The summed E-state index contributed by atoms with van der Waals surface area (Å²) in [4.78, 5) is 42.7. The molecule has 2 heterocycles. The van der Waals surface area contributed by atoms with E-state index in [9.17, 15) is 14.4 Å². The third kappa shape index (κ3) is 2.44. The second kappa shape index (κ2) is 5.57. The molecule has 0 unspecified atom stereocenters. The molecule has 7 nitrogen and oxygen atoms in total. The molecule has 8 heteroatoms. The van der Waals surface area contributed by atoms with Gasteiger partial charge in [0.25, 0.3) is 11.5 Å². The van der Waals surface area contributed by atoms with Crippen molar-refractivity contribution in [3.63, 3.8) is 0 Å². The minimum atomic E-state index is -0.488. The fraction of sp³-hybridized carbons (Fsp3) is 0.143. The van der Waals surface area contributed by atoms with E-state index in [0.29, 0.717) is 21.6 Å². The molecular weight excluding hydrogens is 304 g/mol. The normalized spacial score (nSPS) is 10.8. The summed E-state index contributed by atoms with van der Waals surface area (Å²) in [5, 5.41) is 5.25. The number of anilines is 1. The molecule has 0 bridgehead atoms. The summed E-state index contributed by atoms with van der Waals surface area (Å²) in [6.07, 6.45) is 1.59. The average Bonchev–Trinajstić information content (AvgIpc) is 3.00. The Morgan fingerprint density at radius 1 is 1.41 bits per heavy atom. The zero-order chi connectivity index (χ0) is 15.7. The van der Waals surface area contributed by atoms with Gasteiger partial charge in [0.15, 0.2) is 5.13 Å². The number of benzene rings is 1. The molecule has 0 aliphatic heterocycles. The van der Waals surface area contributed by atoms with Gasteiger partial charge in [0, 0.05) is 23.7 Å². The smallest absolute Gasteiger partial charge is 0.307 e. The lowest BCUT2D eigenvalue weighted by atomic mass is 10.1. The molecule has 22 heavy (non-hydrogen) atoms. The predicted octanol–water partition coefficient (Wildman–Crippen LogP) is 1.42. The number of nitrogens with one attached hydrogen (secondary N) is 2. The Morgan fingerprint density at radius 2 is 2.23 bits per heavy atom. The first kappa shape index (κ1) is 14.2. The van der Waals surface area contributed by atoms with E-state index in [4.69, 9.17) is 0 Å². The van der Waals surface area contributed by atoms with Gasteiger partial charge in [-0.05, 0) is 25.1 Å². The minimum Gasteiger partial charge on any atom is -0.307 e. The first-order valence-electron chi connectivity index (χ1n) is 6.58. The van der Waals surface area contributed by atoms with Crippen LogP contribution in [-0.2, 0) is 6.54 Å². The van der Waals surface area contributed by atoms with Gasteiger partial charge in [-0.1, -0.05) is 0 Å². The number of fused-ring (bicyclic) bond motifs is 1. The zero-order valence-corrected chi connectivity index (χ0v) is 12.4. The molecule has 2 N–H and O–H groups in total. The summed E-state index contributed by atoms with van der Waals surface area (Å²) in [7, 11) is 0. The SMILES string of the molecule is CCn1c(=O)[nH]c2cc(C(=O)Nc3nccs3)ccc2c1=O. The Kier molecular flexibility index (Phi) is 3.60. The summed E-state index contributed by atoms with van der Waals surface area (Å²) < 4.78 is 1.11. The number of amides is 1. The van der Waals surface area contributed by atoms with Crippen LogP contribution in [0, 0.1) is 0 Å². The number of H-pyrrole nitrogens is 1. The molecular formula is C14H12N4O3S. The number of aromatic amines is 1. The molecule has 3 rings (SSSR count). The maximum absolute atomic E-state index is 12.2. The third-order valence-electron chi connectivity index (χ3n) is 3.21. The number of carbonyl (C=O) groups is 1. The number of nitrogens with zero attached hydrogens (tertiary/aromatic N) is 2. The van der Waals surface area contributed by atoms with Gasteiger partial charge in [0.1, 0.15) is 0 Å². The van der Waals surface area contributed by atoms with Crippen LogP contribution in [0.15, 0.2) is 39.4 Å². The number of hydrogen-bond acceptors (Lipinski definition) is 5. The highest BCUT2D eigenvalue weighted by atomic mass is 32.1. The maximum atomic E-state index is 12.2. The van der Waals surface area contributed by atoms with E-state index in [1.165, 1.54) is 23.5 Å². The van der Waals surface area contributed by atoms with Crippen molar-refractivity contribution < 1.29 is 4.79 Å². The summed E-state index contributed by atoms with van der Waals surface area (Å²) in [6.45, 7) is 2.01. The van der Waals surface area contributed by atoms with Gasteiger partial charge in [-0.25, -0.2) is 9.78 Å². The van der Waals surface area contributed by atoms with Crippen LogP contribution in [0.3, 0.4) is 0 Å². The number of carbonyl (C=O) groups excluding carboxylic acids is 1. The highest BCUT2D eigenvalue weighted by Crippen LogP contribution is 2.14. The Labute approximate surface area is 128 Å². The second-order valence-electron chi connectivity index (χ2n) is 4.53. The first-order valence-corrected chi connectivity index (χ1v) is 7.46. The number of hydrogen-bond donors (Lipinski definition) is 2. The summed E-state index contributed by atoms with van der Waals surface area (Å²) in [5.41, 5.74) is -0.177. The van der Waals surface area contributed by atoms with Crippen LogP contribution in [0.2, 0.25) is 0 Å². The van der Waals surface area contributed by atoms with Crippen molar-refractivity contribution >= 4 is 33.3 Å². The Balaban J connectivity index is 2.05. The Morgan fingerprint density at radius 3 is 2.91 bits per heavy atom. The van der Waals surface area contributed by atoms with E-state index < -0.39 is 5.69 Å². The molecule has 0 saturated heterocycles. The zero-order valence-electron chi connectivity index (χ0n) is 11.6. The van der Waals surface area contributed by atoms with E-state index in [-0.39, 0.29) is 18.0 Å². The quantitative estimate of drug-likeness (QED) is 0.763. The molecule has 1 aromatic carbocycles. The largest absolute Gasteiger partial charge is 0.328 e. The maximum Gasteiger partial charge on any atom is 0.328 e. The van der Waals surface area contributed by atoms with Gasteiger partial charge in [0.05, 0.1) is 10.9 Å². The van der Waals surface area contributed by atoms with Crippen LogP contribution < -0.4 is 16.6 Å². The van der Waals surface area contributed by atoms with Crippen LogP contribution in [0.1, 0.15) is 17.3 Å². The molecule has 0 saturated carbocycles. The third-order valence-corrected chi connectivity index (χ3v) is 3.90. The van der Waals surface area contributed by atoms with Gasteiger partial charge < -0.3 is 4.98 Å². The van der Waals surface area contributed by atoms with Crippen molar-refractivity contribution in [1.29, 1.82) is 0 Å². The summed E-state index contributed by atoms with van der Waals surface area (Å²) in [5.74, 6) is -0.350. The van der Waals surface area contributed by atoms with Crippen molar-refractivity contribution in [1.82, 2.24) is 14.5 Å². The van der Waals surface area contributed by atoms with Gasteiger partial charge >= 0.3 is 5.69 Å². The highest BCUT2D eigenvalue weighted by Gasteiger charge is 2.11. The van der Waals surface area contributed by atoms with Crippen molar-refractivity contribution in [3.05, 3.63) is 56.2 Å². The minimum absolute atomic E-state index is 0.288. The van der Waals surface area contributed by atoms with Gasteiger partial charge in [-0.15, -0.1) is 11.3 Å². The van der Waals surface area contributed by atoms with Crippen LogP contribution in [0.25, 0.3) is 10.9 Å². The number of rotatable bonds is 3. The summed E-state index contributed by atoms with van der Waals surface area (Å²) in [6, 6.07) is 4.57. The van der Waals surface area contributed by atoms with E-state index in [1.54, 1.807) is 24.6 Å². The molecule has 0 radical (unpaired) electrons. The average molecular weight is 316 g/mol. The fourth-order valence-electron chi connectivity index (χ4n) is 2.14. The Bertz CT molecular complexity index is 956. The molecule has 1 amide bonds. The lowest BCUT2D eigenvalue weighted by molar-refractivity contribution is 0.102. The number of thiazole rings is 1. The van der Waals surface area contributed by atoms with E-state index in [1.807, 2.05) is 0 Å². The van der Waals surface area contributed by atoms with Crippen LogP contribution in [-0.4, -0.2) is 20.4 Å². The topological polar surface area (TPSA) is 96.8 Å². The lowest BCUT2D eigenvalue weighted by Gasteiger charge is -2.06. The monoisotopic (exact) mass is 316 g/mol. The van der Waals surface area contributed by atoms with Gasteiger partial charge in [-0.3, -0.25) is 19.5 Å². The van der Waals surface area contributed by atoms with E-state index in [0.717, 1.165) is 4.57 Å².